The first kappa shape index (κ1) is 14.3. The number of phenols is 1. The second-order valence-corrected chi connectivity index (χ2v) is 7.38. The van der Waals surface area contributed by atoms with Crippen molar-refractivity contribution in [2.24, 2.45) is 0 Å². The minimum Gasteiger partial charge on any atom is -0.508 e. The van der Waals surface area contributed by atoms with E-state index in [0.29, 0.717) is 11.5 Å². The van der Waals surface area contributed by atoms with Gasteiger partial charge in [-0.3, -0.25) is 0 Å². The number of hydrogen-bond acceptors (Lipinski definition) is 5. The molecule has 0 radical (unpaired) electrons. The summed E-state index contributed by atoms with van der Waals surface area (Å²) in [5.74, 6) is 1.12. The van der Waals surface area contributed by atoms with Crippen LogP contribution in [-0.4, -0.2) is 26.2 Å². The molecule has 1 fully saturated rings. The highest BCUT2D eigenvalue weighted by Crippen LogP contribution is 2.38. The summed E-state index contributed by atoms with van der Waals surface area (Å²) in [6, 6.07) is 11.4. The predicted octanol–water partition coefficient (Wildman–Crippen LogP) is 2.40. The molecule has 2 aromatic carbocycles. The molecule has 120 valence electrons. The fourth-order valence-electron chi connectivity index (χ4n) is 3.08. The number of anilines is 1. The van der Waals surface area contributed by atoms with E-state index in [1.165, 1.54) is 12.1 Å². The Labute approximate surface area is 134 Å². The van der Waals surface area contributed by atoms with Crippen LogP contribution >= 0.6 is 0 Å². The number of sulfonamides is 1. The van der Waals surface area contributed by atoms with Crippen molar-refractivity contribution in [2.75, 3.05) is 11.4 Å². The molecule has 2 aliphatic heterocycles. The molecule has 6 nitrogen and oxygen atoms in total. The Hall–Kier alpha value is -2.25. The van der Waals surface area contributed by atoms with Gasteiger partial charge in [0.25, 0.3) is 0 Å². The molecule has 0 amide bonds. The lowest BCUT2D eigenvalue weighted by Gasteiger charge is -2.33. The molecule has 1 unspecified atom stereocenters. The average Bonchev–Trinajstić information content (AvgIpc) is 2.97. The minimum absolute atomic E-state index is 0.142. The lowest BCUT2D eigenvalue weighted by Crippen LogP contribution is -2.48. The highest BCUT2D eigenvalue weighted by Gasteiger charge is 2.37. The first-order chi connectivity index (χ1) is 11.0. The largest absolute Gasteiger partial charge is 0.508 e. The van der Waals surface area contributed by atoms with Crippen LogP contribution in [0.4, 0.5) is 5.69 Å². The number of phenolic OH excluding ortho intramolecular Hbond substituents is 1. The molecule has 0 saturated carbocycles. The molecule has 23 heavy (non-hydrogen) atoms. The first-order valence-electron chi connectivity index (χ1n) is 7.43. The Bertz CT molecular complexity index is 849. The zero-order valence-corrected chi connectivity index (χ0v) is 13.1. The summed E-state index contributed by atoms with van der Waals surface area (Å²) < 4.78 is 33.3. The van der Waals surface area contributed by atoms with Gasteiger partial charge in [-0.05, 0) is 49.2 Å². The summed E-state index contributed by atoms with van der Waals surface area (Å²) in [5.41, 5.74) is 0.726. The molecule has 2 N–H and O–H groups in total. The number of fused-ring (bicyclic) bond motifs is 3. The number of aromatic hydroxyl groups is 1. The van der Waals surface area contributed by atoms with Gasteiger partial charge < -0.3 is 14.7 Å². The number of ether oxygens (including phenoxy) is 1. The van der Waals surface area contributed by atoms with Crippen molar-refractivity contribution < 1.29 is 18.3 Å². The summed E-state index contributed by atoms with van der Waals surface area (Å²) in [6.45, 7) is 0.846. The van der Waals surface area contributed by atoms with Gasteiger partial charge in [-0.1, -0.05) is 0 Å². The lowest BCUT2D eigenvalue weighted by molar-refractivity contribution is 0.463. The molecule has 2 aromatic rings. The number of rotatable bonds is 2. The average molecular weight is 332 g/mol. The molecule has 0 spiro atoms. The van der Waals surface area contributed by atoms with E-state index in [1.807, 2.05) is 0 Å². The fraction of sp³-hybridized carbons (Fsp3) is 0.250. The third kappa shape index (κ3) is 2.51. The Morgan fingerprint density at radius 2 is 1.87 bits per heavy atom. The van der Waals surface area contributed by atoms with Gasteiger partial charge in [-0.15, -0.1) is 0 Å². The number of hydrogen-bond donors (Lipinski definition) is 2. The molecule has 2 heterocycles. The summed E-state index contributed by atoms with van der Waals surface area (Å²) in [4.78, 5) is 2.33. The molecule has 1 atom stereocenters. The van der Waals surface area contributed by atoms with Crippen molar-refractivity contribution in [3.63, 3.8) is 0 Å². The van der Waals surface area contributed by atoms with Gasteiger partial charge in [0.15, 0.2) is 0 Å². The Kier molecular flexibility index (Phi) is 3.21. The number of nitrogens with one attached hydrogen (secondary N) is 1. The fourth-order valence-corrected chi connectivity index (χ4v) is 4.54. The standard InChI is InChI=1S/C16H16N2O4S/c19-11-3-5-12(6-4-11)22-13-7-8-14-15(10-13)23(20,21)17-16-2-1-9-18(14)16/h3-8,10,16-17,19H,1-2,9H2. The summed E-state index contributed by atoms with van der Waals surface area (Å²) >= 11 is 0. The van der Waals surface area contributed by atoms with Crippen LogP contribution < -0.4 is 14.4 Å². The van der Waals surface area contributed by atoms with Gasteiger partial charge >= 0.3 is 0 Å². The molecular weight excluding hydrogens is 316 g/mol. The van der Waals surface area contributed by atoms with Crippen LogP contribution in [0, 0.1) is 0 Å². The zero-order chi connectivity index (χ0) is 16.0. The highest BCUT2D eigenvalue weighted by atomic mass is 32.2. The molecule has 0 aromatic heterocycles. The Morgan fingerprint density at radius 3 is 2.65 bits per heavy atom. The van der Waals surface area contributed by atoms with E-state index < -0.39 is 10.0 Å². The van der Waals surface area contributed by atoms with Crippen molar-refractivity contribution >= 4 is 15.7 Å². The predicted molar refractivity (Wildman–Crippen MR) is 85.3 cm³/mol. The molecule has 0 aliphatic carbocycles. The normalized spacial score (nSPS) is 21.6. The quantitative estimate of drug-likeness (QED) is 0.883. The van der Waals surface area contributed by atoms with E-state index in [-0.39, 0.29) is 16.8 Å². The monoisotopic (exact) mass is 332 g/mol. The van der Waals surface area contributed by atoms with Crippen molar-refractivity contribution in [3.8, 4) is 17.2 Å². The Morgan fingerprint density at radius 1 is 1.13 bits per heavy atom. The van der Waals surface area contributed by atoms with Crippen LogP contribution in [-0.2, 0) is 10.0 Å². The van der Waals surface area contributed by atoms with Crippen LogP contribution in [0.1, 0.15) is 12.8 Å². The zero-order valence-electron chi connectivity index (χ0n) is 12.3. The topological polar surface area (TPSA) is 78.9 Å². The molecule has 7 heteroatoms. The van der Waals surface area contributed by atoms with Crippen LogP contribution in [0.2, 0.25) is 0 Å². The van der Waals surface area contributed by atoms with Crippen molar-refractivity contribution in [1.29, 1.82) is 0 Å². The van der Waals surface area contributed by atoms with E-state index in [0.717, 1.165) is 25.1 Å². The van der Waals surface area contributed by atoms with Crippen LogP contribution in [0.5, 0.6) is 17.2 Å². The van der Waals surface area contributed by atoms with E-state index in [1.54, 1.807) is 30.3 Å². The van der Waals surface area contributed by atoms with Crippen molar-refractivity contribution in [3.05, 3.63) is 42.5 Å². The van der Waals surface area contributed by atoms with Gasteiger partial charge in [-0.2, -0.15) is 4.72 Å². The molecule has 1 saturated heterocycles. The maximum absolute atomic E-state index is 12.4. The second-order valence-electron chi connectivity index (χ2n) is 5.70. The molecule has 0 bridgehead atoms. The van der Waals surface area contributed by atoms with E-state index in [4.69, 9.17) is 4.74 Å². The Balaban J connectivity index is 1.71. The smallest absolute Gasteiger partial charge is 0.244 e. The third-order valence-corrected chi connectivity index (χ3v) is 5.64. The van der Waals surface area contributed by atoms with Crippen LogP contribution in [0.3, 0.4) is 0 Å². The van der Waals surface area contributed by atoms with Crippen LogP contribution in [0.15, 0.2) is 47.4 Å². The van der Waals surface area contributed by atoms with Gasteiger partial charge in [0.05, 0.1) is 11.9 Å². The summed E-state index contributed by atoms with van der Waals surface area (Å²) in [5, 5.41) is 9.29. The van der Waals surface area contributed by atoms with Crippen molar-refractivity contribution in [1.82, 2.24) is 4.72 Å². The van der Waals surface area contributed by atoms with Gasteiger partial charge in [0.2, 0.25) is 10.0 Å². The van der Waals surface area contributed by atoms with Gasteiger partial charge in [0.1, 0.15) is 22.1 Å². The lowest BCUT2D eigenvalue weighted by atomic mass is 10.2. The first-order valence-corrected chi connectivity index (χ1v) is 8.91. The highest BCUT2D eigenvalue weighted by molar-refractivity contribution is 7.89. The van der Waals surface area contributed by atoms with Crippen molar-refractivity contribution in [2.45, 2.75) is 23.9 Å². The van der Waals surface area contributed by atoms with Gasteiger partial charge in [-0.25, -0.2) is 8.42 Å². The maximum atomic E-state index is 12.4. The van der Waals surface area contributed by atoms with E-state index in [9.17, 15) is 13.5 Å². The SMILES string of the molecule is O=S1(=O)NC2CCCN2c2ccc(Oc3ccc(O)cc3)cc21. The summed E-state index contributed by atoms with van der Waals surface area (Å²) in [6.07, 6.45) is 1.65. The maximum Gasteiger partial charge on any atom is 0.244 e. The molecular formula is C16H16N2O4S. The third-order valence-electron chi connectivity index (χ3n) is 4.15. The second kappa shape index (κ2) is 5.14. The molecule has 4 rings (SSSR count). The van der Waals surface area contributed by atoms with E-state index >= 15 is 0 Å². The number of benzene rings is 2. The summed E-state index contributed by atoms with van der Waals surface area (Å²) in [7, 11) is -3.53. The number of nitrogens with zero attached hydrogens (tertiary/aromatic N) is 1. The van der Waals surface area contributed by atoms with Gasteiger partial charge in [0, 0.05) is 12.6 Å². The van der Waals surface area contributed by atoms with Crippen LogP contribution in [0.25, 0.3) is 0 Å². The van der Waals surface area contributed by atoms with E-state index in [2.05, 4.69) is 9.62 Å². The minimum atomic E-state index is -3.53. The molecule has 2 aliphatic rings.